The maximum Gasteiger partial charge on any atom is 0.152 e. The van der Waals surface area contributed by atoms with Crippen LogP contribution < -0.4 is 4.90 Å². The molecule has 2 aromatic carbocycles. The molecule has 2 rings (SSSR count). The summed E-state index contributed by atoms with van der Waals surface area (Å²) in [6.07, 6.45) is 2.75. The van der Waals surface area contributed by atoms with E-state index in [0.717, 1.165) is 18.5 Å². The van der Waals surface area contributed by atoms with Gasteiger partial charge >= 0.3 is 0 Å². The van der Waals surface area contributed by atoms with E-state index in [9.17, 15) is 4.79 Å². The second-order valence-electron chi connectivity index (χ2n) is 5.53. The molecule has 0 atom stereocenters. The van der Waals surface area contributed by atoms with Crippen molar-refractivity contribution in [2.24, 2.45) is 0 Å². The third kappa shape index (κ3) is 3.60. The Morgan fingerprint density at radius 1 is 1.10 bits per heavy atom. The Hall–Kier alpha value is -1.83. The normalized spacial score (nSPS) is 10.8. The molecule has 106 valence electrons. The zero-order valence-electron chi connectivity index (χ0n) is 12.6. The van der Waals surface area contributed by atoms with Gasteiger partial charge in [-0.2, -0.15) is 0 Å². The van der Waals surface area contributed by atoms with Gasteiger partial charge in [-0.15, -0.1) is 0 Å². The largest absolute Gasteiger partial charge is 0.367 e. The summed E-state index contributed by atoms with van der Waals surface area (Å²) in [5, 5.41) is 2.47. The van der Waals surface area contributed by atoms with Crippen molar-refractivity contribution in [3.8, 4) is 0 Å². The number of carbonyl (C=O) groups excluding carboxylic acids is 1. The average molecular weight is 269 g/mol. The van der Waals surface area contributed by atoms with E-state index >= 15 is 0 Å². The van der Waals surface area contributed by atoms with Crippen LogP contribution in [0.1, 0.15) is 31.7 Å². The molecular weight excluding hydrogens is 246 g/mol. The van der Waals surface area contributed by atoms with Crippen molar-refractivity contribution >= 4 is 22.2 Å². The lowest BCUT2D eigenvalue weighted by Crippen LogP contribution is -2.25. The summed E-state index contributed by atoms with van der Waals surface area (Å²) < 4.78 is 0. The van der Waals surface area contributed by atoms with Gasteiger partial charge in [0.05, 0.1) is 6.54 Å². The SMILES string of the molecule is CCCCC(=O)CN(C)c1ccc2cc(C)ccc2c1. The number of unbranched alkanes of at least 4 members (excludes halogenated alkanes) is 1. The van der Waals surface area contributed by atoms with Gasteiger partial charge in [0.25, 0.3) is 0 Å². The van der Waals surface area contributed by atoms with Crippen LogP contribution in [0.15, 0.2) is 36.4 Å². The molecule has 2 aromatic rings. The summed E-state index contributed by atoms with van der Waals surface area (Å²) in [4.78, 5) is 13.9. The Labute approximate surface area is 121 Å². The highest BCUT2D eigenvalue weighted by atomic mass is 16.1. The summed E-state index contributed by atoms with van der Waals surface area (Å²) in [5.41, 5.74) is 2.37. The molecule has 20 heavy (non-hydrogen) atoms. The third-order valence-corrected chi connectivity index (χ3v) is 3.64. The zero-order chi connectivity index (χ0) is 14.5. The molecule has 2 nitrogen and oxygen atoms in total. The van der Waals surface area contributed by atoms with Crippen LogP contribution in [0.5, 0.6) is 0 Å². The minimum absolute atomic E-state index is 0.318. The molecule has 0 aliphatic rings. The van der Waals surface area contributed by atoms with Crippen LogP contribution in [-0.4, -0.2) is 19.4 Å². The van der Waals surface area contributed by atoms with Crippen LogP contribution >= 0.6 is 0 Å². The van der Waals surface area contributed by atoms with Gasteiger partial charge in [0, 0.05) is 19.2 Å². The maximum atomic E-state index is 11.9. The molecule has 0 N–H and O–H groups in total. The molecule has 0 radical (unpaired) electrons. The van der Waals surface area contributed by atoms with Crippen molar-refractivity contribution < 1.29 is 4.79 Å². The van der Waals surface area contributed by atoms with E-state index in [1.807, 2.05) is 11.9 Å². The first-order valence-corrected chi connectivity index (χ1v) is 7.33. The molecule has 0 saturated carbocycles. The van der Waals surface area contributed by atoms with Gasteiger partial charge < -0.3 is 4.90 Å². The van der Waals surface area contributed by atoms with Crippen molar-refractivity contribution in [2.75, 3.05) is 18.5 Å². The summed E-state index contributed by atoms with van der Waals surface area (Å²) in [6.45, 7) is 4.71. The van der Waals surface area contributed by atoms with E-state index in [-0.39, 0.29) is 0 Å². The lowest BCUT2D eigenvalue weighted by atomic mass is 10.1. The lowest BCUT2D eigenvalue weighted by Gasteiger charge is -2.19. The monoisotopic (exact) mass is 269 g/mol. The first-order chi connectivity index (χ1) is 9.60. The highest BCUT2D eigenvalue weighted by Gasteiger charge is 2.07. The van der Waals surface area contributed by atoms with Gasteiger partial charge in [0.15, 0.2) is 5.78 Å². The van der Waals surface area contributed by atoms with Crippen molar-refractivity contribution in [1.29, 1.82) is 0 Å². The van der Waals surface area contributed by atoms with Crippen molar-refractivity contribution in [3.63, 3.8) is 0 Å². The number of rotatable bonds is 6. The van der Waals surface area contributed by atoms with E-state index in [2.05, 4.69) is 50.2 Å². The number of fused-ring (bicyclic) bond motifs is 1. The highest BCUT2D eigenvalue weighted by molar-refractivity contribution is 5.88. The van der Waals surface area contributed by atoms with Crippen molar-refractivity contribution in [3.05, 3.63) is 42.0 Å². The van der Waals surface area contributed by atoms with Crippen LogP contribution in [0.25, 0.3) is 10.8 Å². The van der Waals surface area contributed by atoms with E-state index < -0.39 is 0 Å². The zero-order valence-corrected chi connectivity index (χ0v) is 12.6. The van der Waals surface area contributed by atoms with Crippen LogP contribution in [0.3, 0.4) is 0 Å². The fourth-order valence-electron chi connectivity index (χ4n) is 2.40. The molecule has 0 bridgehead atoms. The van der Waals surface area contributed by atoms with Crippen molar-refractivity contribution in [1.82, 2.24) is 0 Å². The Kier molecular flexibility index (Phi) is 4.78. The minimum Gasteiger partial charge on any atom is -0.367 e. The van der Waals surface area contributed by atoms with Crippen LogP contribution in [0.2, 0.25) is 0 Å². The molecule has 2 heteroatoms. The molecule has 0 aliphatic carbocycles. The topological polar surface area (TPSA) is 20.3 Å². The molecule has 0 fully saturated rings. The van der Waals surface area contributed by atoms with E-state index in [1.165, 1.54) is 16.3 Å². The fourth-order valence-corrected chi connectivity index (χ4v) is 2.40. The fraction of sp³-hybridized carbons (Fsp3) is 0.389. The predicted molar refractivity (Wildman–Crippen MR) is 86.5 cm³/mol. The van der Waals surface area contributed by atoms with Gasteiger partial charge in [-0.3, -0.25) is 4.79 Å². The Morgan fingerprint density at radius 2 is 1.80 bits per heavy atom. The number of hydrogen-bond acceptors (Lipinski definition) is 2. The smallest absolute Gasteiger partial charge is 0.152 e. The van der Waals surface area contributed by atoms with E-state index in [1.54, 1.807) is 0 Å². The number of carbonyl (C=O) groups is 1. The van der Waals surface area contributed by atoms with Gasteiger partial charge in [0.2, 0.25) is 0 Å². The Balaban J connectivity index is 2.12. The van der Waals surface area contributed by atoms with Crippen LogP contribution in [0.4, 0.5) is 5.69 Å². The second kappa shape index (κ2) is 6.56. The standard InChI is InChI=1S/C18H23NO/c1-4-5-6-18(20)13-19(3)17-10-9-15-11-14(2)7-8-16(15)12-17/h7-12H,4-6,13H2,1-3H3. The number of ketones is 1. The quantitative estimate of drug-likeness (QED) is 0.777. The predicted octanol–water partition coefficient (Wildman–Crippen LogP) is 4.34. The summed E-state index contributed by atoms with van der Waals surface area (Å²) in [6, 6.07) is 12.8. The number of likely N-dealkylation sites (N-methyl/N-ethyl adjacent to an activating group) is 1. The molecule has 0 saturated heterocycles. The number of nitrogens with zero attached hydrogens (tertiary/aromatic N) is 1. The average Bonchev–Trinajstić information content (AvgIpc) is 2.44. The van der Waals surface area contributed by atoms with Crippen molar-refractivity contribution in [2.45, 2.75) is 33.1 Å². The third-order valence-electron chi connectivity index (χ3n) is 3.64. The molecule has 0 aromatic heterocycles. The van der Waals surface area contributed by atoms with Gasteiger partial charge in [-0.05, 0) is 36.2 Å². The van der Waals surface area contributed by atoms with Gasteiger partial charge in [0.1, 0.15) is 0 Å². The Bertz CT molecular complexity index is 603. The first-order valence-electron chi connectivity index (χ1n) is 7.33. The molecular formula is C18H23NO. The summed E-state index contributed by atoms with van der Waals surface area (Å²) >= 11 is 0. The van der Waals surface area contributed by atoms with Gasteiger partial charge in [-0.1, -0.05) is 43.2 Å². The lowest BCUT2D eigenvalue weighted by molar-refractivity contribution is -0.117. The first kappa shape index (κ1) is 14.6. The second-order valence-corrected chi connectivity index (χ2v) is 5.53. The maximum absolute atomic E-state index is 11.9. The number of Topliss-reactive ketones (excluding diaryl/α,β-unsaturated/α-hetero) is 1. The number of anilines is 1. The van der Waals surface area contributed by atoms with E-state index in [4.69, 9.17) is 0 Å². The van der Waals surface area contributed by atoms with Crippen LogP contribution in [0, 0.1) is 6.92 Å². The molecule has 0 unspecified atom stereocenters. The molecule has 0 heterocycles. The summed E-state index contributed by atoms with van der Waals surface area (Å²) in [7, 11) is 1.99. The van der Waals surface area contributed by atoms with Gasteiger partial charge in [-0.25, -0.2) is 0 Å². The highest BCUT2D eigenvalue weighted by Crippen LogP contribution is 2.22. The number of benzene rings is 2. The Morgan fingerprint density at radius 3 is 2.55 bits per heavy atom. The van der Waals surface area contributed by atoms with E-state index in [0.29, 0.717) is 18.7 Å². The summed E-state index contributed by atoms with van der Waals surface area (Å²) in [5.74, 6) is 0.318. The molecule has 0 amide bonds. The minimum atomic E-state index is 0.318. The number of aryl methyl sites for hydroxylation is 1. The molecule has 0 spiro atoms. The van der Waals surface area contributed by atoms with Crippen LogP contribution in [-0.2, 0) is 4.79 Å². The molecule has 0 aliphatic heterocycles. The number of hydrogen-bond donors (Lipinski definition) is 0.